The van der Waals surface area contributed by atoms with E-state index in [-0.39, 0.29) is 17.2 Å². The van der Waals surface area contributed by atoms with Crippen molar-refractivity contribution in [2.75, 3.05) is 26.2 Å². The van der Waals surface area contributed by atoms with Crippen LogP contribution in [0.3, 0.4) is 0 Å². The van der Waals surface area contributed by atoms with E-state index in [0.717, 1.165) is 0 Å². The van der Waals surface area contributed by atoms with Gasteiger partial charge in [0, 0.05) is 44.8 Å². The summed E-state index contributed by atoms with van der Waals surface area (Å²) in [6.07, 6.45) is 1.87. The van der Waals surface area contributed by atoms with Gasteiger partial charge < -0.3 is 14.4 Å². The maximum absolute atomic E-state index is 12.4. The molecule has 1 aliphatic rings. The molecule has 1 aromatic heterocycles. The molecule has 0 radical (unpaired) electrons. The molecule has 110 valence electrons. The lowest BCUT2D eigenvalue weighted by Crippen LogP contribution is -2.53. The molecule has 0 bridgehead atoms. The summed E-state index contributed by atoms with van der Waals surface area (Å²) >= 11 is 0. The number of aromatic nitrogens is 1. The third-order valence-corrected chi connectivity index (χ3v) is 3.66. The number of carbonyl (C=O) groups excluding carboxylic acids is 2. The number of rotatable bonds is 1. The summed E-state index contributed by atoms with van der Waals surface area (Å²) in [4.78, 5) is 28.2. The molecule has 1 saturated heterocycles. The fourth-order valence-electron chi connectivity index (χ4n) is 2.43. The minimum absolute atomic E-state index is 0.0420. The predicted molar refractivity (Wildman–Crippen MR) is 77.4 cm³/mol. The average molecular weight is 277 g/mol. The Morgan fingerprint density at radius 3 is 2.05 bits per heavy atom. The van der Waals surface area contributed by atoms with Gasteiger partial charge in [0.05, 0.1) is 0 Å². The molecule has 0 aromatic carbocycles. The summed E-state index contributed by atoms with van der Waals surface area (Å²) in [6, 6.07) is 3.70. The van der Waals surface area contributed by atoms with E-state index in [9.17, 15) is 9.59 Å². The van der Waals surface area contributed by atoms with E-state index < -0.39 is 0 Å². The Bertz CT molecular complexity index is 505. The van der Waals surface area contributed by atoms with Gasteiger partial charge in [0.2, 0.25) is 5.91 Å². The Hall–Kier alpha value is -1.78. The highest BCUT2D eigenvalue weighted by Gasteiger charge is 2.31. The second-order valence-corrected chi connectivity index (χ2v) is 6.34. The Morgan fingerprint density at radius 2 is 1.60 bits per heavy atom. The first-order valence-electron chi connectivity index (χ1n) is 7.00. The van der Waals surface area contributed by atoms with Crippen LogP contribution < -0.4 is 0 Å². The third-order valence-electron chi connectivity index (χ3n) is 3.66. The SMILES string of the molecule is Cn1cccc1C(=O)N1CCN(C(=O)C(C)(C)C)CC1. The predicted octanol–water partition coefficient (Wildman–Crippen LogP) is 1.36. The largest absolute Gasteiger partial charge is 0.347 e. The number of piperazine rings is 1. The molecule has 0 N–H and O–H groups in total. The zero-order valence-electron chi connectivity index (χ0n) is 12.7. The standard InChI is InChI=1S/C15H23N3O2/c1-15(2,3)14(20)18-10-8-17(9-11-18)13(19)12-6-5-7-16(12)4/h5-7H,8-11H2,1-4H3. The van der Waals surface area contributed by atoms with Crippen LogP contribution in [0.1, 0.15) is 31.3 Å². The molecule has 0 spiro atoms. The Morgan fingerprint density at radius 1 is 1.05 bits per heavy atom. The van der Waals surface area contributed by atoms with Gasteiger partial charge in [-0.3, -0.25) is 9.59 Å². The molecule has 2 rings (SSSR count). The molecule has 1 fully saturated rings. The van der Waals surface area contributed by atoms with Crippen molar-refractivity contribution < 1.29 is 9.59 Å². The number of amides is 2. The first kappa shape index (κ1) is 14.6. The molecule has 2 amide bonds. The van der Waals surface area contributed by atoms with Crippen molar-refractivity contribution in [2.45, 2.75) is 20.8 Å². The van der Waals surface area contributed by atoms with Crippen LogP contribution in [0.4, 0.5) is 0 Å². The lowest BCUT2D eigenvalue weighted by Gasteiger charge is -2.37. The maximum Gasteiger partial charge on any atom is 0.270 e. The van der Waals surface area contributed by atoms with Gasteiger partial charge in [0.15, 0.2) is 0 Å². The Kier molecular flexibility index (Phi) is 3.88. The lowest BCUT2D eigenvalue weighted by atomic mass is 9.94. The molecular formula is C15H23N3O2. The van der Waals surface area contributed by atoms with E-state index in [1.165, 1.54) is 0 Å². The number of hydrogen-bond donors (Lipinski definition) is 0. The first-order valence-corrected chi connectivity index (χ1v) is 7.00. The summed E-state index contributed by atoms with van der Waals surface area (Å²) in [5.74, 6) is 0.198. The van der Waals surface area contributed by atoms with E-state index in [4.69, 9.17) is 0 Å². The van der Waals surface area contributed by atoms with E-state index in [0.29, 0.717) is 31.9 Å². The molecule has 5 heteroatoms. The minimum atomic E-state index is -0.357. The molecule has 1 aliphatic heterocycles. The molecular weight excluding hydrogens is 254 g/mol. The molecule has 1 aromatic rings. The van der Waals surface area contributed by atoms with E-state index in [1.807, 2.05) is 60.5 Å². The monoisotopic (exact) mass is 277 g/mol. The van der Waals surface area contributed by atoms with E-state index in [2.05, 4.69) is 0 Å². The van der Waals surface area contributed by atoms with Crippen LogP contribution >= 0.6 is 0 Å². The van der Waals surface area contributed by atoms with Crippen LogP contribution in [0.15, 0.2) is 18.3 Å². The summed E-state index contributed by atoms with van der Waals surface area (Å²) in [5.41, 5.74) is 0.338. The van der Waals surface area contributed by atoms with Gasteiger partial charge in [-0.25, -0.2) is 0 Å². The fourth-order valence-corrected chi connectivity index (χ4v) is 2.43. The summed E-state index contributed by atoms with van der Waals surface area (Å²) in [5, 5.41) is 0. The van der Waals surface area contributed by atoms with Crippen molar-refractivity contribution in [1.82, 2.24) is 14.4 Å². The summed E-state index contributed by atoms with van der Waals surface area (Å²) in [7, 11) is 1.87. The molecule has 0 unspecified atom stereocenters. The molecule has 0 aliphatic carbocycles. The third kappa shape index (κ3) is 2.86. The van der Waals surface area contributed by atoms with Crippen LogP contribution in [0.25, 0.3) is 0 Å². The van der Waals surface area contributed by atoms with Gasteiger partial charge in [0.25, 0.3) is 5.91 Å². The van der Waals surface area contributed by atoms with Crippen LogP contribution in [0.5, 0.6) is 0 Å². The van der Waals surface area contributed by atoms with Gasteiger partial charge in [-0.15, -0.1) is 0 Å². The summed E-state index contributed by atoms with van der Waals surface area (Å²) < 4.78 is 1.83. The highest BCUT2D eigenvalue weighted by Crippen LogP contribution is 2.19. The number of aryl methyl sites for hydroxylation is 1. The molecule has 2 heterocycles. The Labute approximate surface area is 120 Å². The van der Waals surface area contributed by atoms with Crippen LogP contribution in [0, 0.1) is 5.41 Å². The molecule has 0 saturated carbocycles. The first-order chi connectivity index (χ1) is 9.30. The number of carbonyl (C=O) groups is 2. The molecule has 0 atom stereocenters. The van der Waals surface area contributed by atoms with Crippen molar-refractivity contribution in [3.05, 3.63) is 24.0 Å². The fraction of sp³-hybridized carbons (Fsp3) is 0.600. The summed E-state index contributed by atoms with van der Waals surface area (Å²) in [6.45, 7) is 8.22. The minimum Gasteiger partial charge on any atom is -0.347 e. The van der Waals surface area contributed by atoms with Gasteiger partial charge >= 0.3 is 0 Å². The number of nitrogens with zero attached hydrogens (tertiary/aromatic N) is 3. The quantitative estimate of drug-likeness (QED) is 0.778. The normalized spacial score (nSPS) is 16.4. The highest BCUT2D eigenvalue weighted by atomic mass is 16.2. The van der Waals surface area contributed by atoms with E-state index >= 15 is 0 Å². The maximum atomic E-state index is 12.4. The van der Waals surface area contributed by atoms with Crippen molar-refractivity contribution in [3.63, 3.8) is 0 Å². The van der Waals surface area contributed by atoms with Crippen molar-refractivity contribution in [2.24, 2.45) is 12.5 Å². The zero-order chi connectivity index (χ0) is 14.9. The molecule has 5 nitrogen and oxygen atoms in total. The van der Waals surface area contributed by atoms with Gasteiger partial charge in [-0.2, -0.15) is 0 Å². The van der Waals surface area contributed by atoms with Crippen molar-refractivity contribution in [1.29, 1.82) is 0 Å². The Balaban J connectivity index is 1.97. The van der Waals surface area contributed by atoms with E-state index in [1.54, 1.807) is 0 Å². The van der Waals surface area contributed by atoms with Crippen molar-refractivity contribution in [3.8, 4) is 0 Å². The van der Waals surface area contributed by atoms with Gasteiger partial charge in [0.1, 0.15) is 5.69 Å². The van der Waals surface area contributed by atoms with Crippen LogP contribution in [0.2, 0.25) is 0 Å². The second kappa shape index (κ2) is 5.31. The van der Waals surface area contributed by atoms with Crippen LogP contribution in [-0.2, 0) is 11.8 Å². The smallest absolute Gasteiger partial charge is 0.270 e. The van der Waals surface area contributed by atoms with Gasteiger partial charge in [-0.1, -0.05) is 20.8 Å². The van der Waals surface area contributed by atoms with Gasteiger partial charge in [-0.05, 0) is 12.1 Å². The number of hydrogen-bond acceptors (Lipinski definition) is 2. The van der Waals surface area contributed by atoms with Crippen molar-refractivity contribution >= 4 is 11.8 Å². The highest BCUT2D eigenvalue weighted by molar-refractivity contribution is 5.93. The lowest BCUT2D eigenvalue weighted by molar-refractivity contribution is -0.140. The topological polar surface area (TPSA) is 45.6 Å². The zero-order valence-corrected chi connectivity index (χ0v) is 12.7. The average Bonchev–Trinajstić information content (AvgIpc) is 2.82. The molecule has 20 heavy (non-hydrogen) atoms. The van der Waals surface area contributed by atoms with Crippen LogP contribution in [-0.4, -0.2) is 52.4 Å². The second-order valence-electron chi connectivity index (χ2n) is 6.34.